The van der Waals surface area contributed by atoms with Crippen molar-refractivity contribution in [2.24, 2.45) is 11.7 Å². The molecule has 0 aliphatic rings. The minimum Gasteiger partial charge on any atom is -0.395 e. The molecule has 0 spiro atoms. The fraction of sp³-hybridized carbons (Fsp3) is 0.882. The zero-order valence-electron chi connectivity index (χ0n) is 17.1. The smallest absolute Gasteiger partial charge is 0.342 e. The number of nitrogens with one attached hydrogen (secondary N) is 3. The van der Waals surface area contributed by atoms with Gasteiger partial charge in [0.25, 0.3) is 0 Å². The number of nitrogens with two attached hydrogens (primary N) is 1. The molecule has 0 saturated heterocycles. The van der Waals surface area contributed by atoms with E-state index in [0.717, 1.165) is 0 Å². The monoisotopic (exact) mass is 424 g/mol. The first-order valence-electron chi connectivity index (χ1n) is 9.77. The third-order valence-electron chi connectivity index (χ3n) is 4.20. The van der Waals surface area contributed by atoms with Crippen LogP contribution >= 0.6 is 7.60 Å². The zero-order chi connectivity index (χ0) is 21.7. The molecule has 0 rings (SSSR count). The van der Waals surface area contributed by atoms with Crippen molar-refractivity contribution in [1.82, 2.24) is 16.0 Å². The van der Waals surface area contributed by atoms with Crippen LogP contribution in [0.2, 0.25) is 0 Å². The van der Waals surface area contributed by atoms with E-state index >= 15 is 0 Å². The minimum atomic E-state index is -4.41. The number of hydrogen-bond acceptors (Lipinski definition) is 6. The van der Waals surface area contributed by atoms with Gasteiger partial charge in [0, 0.05) is 6.54 Å². The van der Waals surface area contributed by atoms with Gasteiger partial charge in [-0.3, -0.25) is 19.5 Å². The molecule has 0 aromatic heterocycles. The molecule has 0 aliphatic carbocycles. The van der Waals surface area contributed by atoms with Gasteiger partial charge in [-0.2, -0.15) is 0 Å². The summed E-state index contributed by atoms with van der Waals surface area (Å²) in [6.45, 7) is 5.75. The van der Waals surface area contributed by atoms with Crippen LogP contribution in [-0.4, -0.2) is 64.3 Å². The lowest BCUT2D eigenvalue weighted by Crippen LogP contribution is -2.54. The van der Waals surface area contributed by atoms with Gasteiger partial charge in [0.2, 0.25) is 11.8 Å². The van der Waals surface area contributed by atoms with Gasteiger partial charge in [0.05, 0.1) is 12.6 Å². The molecular weight excluding hydrogens is 387 g/mol. The van der Waals surface area contributed by atoms with Crippen molar-refractivity contribution in [1.29, 1.82) is 0 Å². The van der Waals surface area contributed by atoms with Gasteiger partial charge < -0.3 is 31.3 Å². The lowest BCUT2D eigenvalue weighted by molar-refractivity contribution is -0.130. The third-order valence-corrected chi connectivity index (χ3v) is 5.53. The highest BCUT2D eigenvalue weighted by Crippen LogP contribution is 2.41. The second-order valence-electron chi connectivity index (χ2n) is 7.22. The van der Waals surface area contributed by atoms with E-state index in [9.17, 15) is 23.9 Å². The lowest BCUT2D eigenvalue weighted by Gasteiger charge is -2.28. The maximum absolute atomic E-state index is 12.8. The number of rotatable bonds is 15. The Balaban J connectivity index is 5.25. The Morgan fingerprint density at radius 1 is 1.11 bits per heavy atom. The summed E-state index contributed by atoms with van der Waals surface area (Å²) in [5, 5.41) is 16.9. The second kappa shape index (κ2) is 14.0. The average molecular weight is 424 g/mol. The van der Waals surface area contributed by atoms with Gasteiger partial charge in [0.15, 0.2) is 0 Å². The minimum absolute atomic E-state index is 0.0753. The molecule has 10 nitrogen and oxygen atoms in total. The Morgan fingerprint density at radius 3 is 2.21 bits per heavy atom. The summed E-state index contributed by atoms with van der Waals surface area (Å²) >= 11 is 0. The van der Waals surface area contributed by atoms with Gasteiger partial charge in [-0.25, -0.2) is 0 Å². The Hall–Kier alpha value is -1.03. The highest BCUT2D eigenvalue weighted by Gasteiger charge is 2.33. The van der Waals surface area contributed by atoms with Crippen LogP contribution in [0.1, 0.15) is 52.9 Å². The summed E-state index contributed by atoms with van der Waals surface area (Å²) in [6.07, 6.45) is 2.23. The van der Waals surface area contributed by atoms with Crippen LogP contribution in [0.15, 0.2) is 0 Å². The molecule has 8 N–H and O–H groups in total. The van der Waals surface area contributed by atoms with Crippen LogP contribution < -0.4 is 21.7 Å². The summed E-state index contributed by atoms with van der Waals surface area (Å²) in [5.74, 6) is -1.94. The molecule has 0 aromatic rings. The zero-order valence-corrected chi connectivity index (χ0v) is 18.0. The van der Waals surface area contributed by atoms with E-state index in [-0.39, 0.29) is 25.5 Å². The van der Waals surface area contributed by atoms with Crippen LogP contribution in [0.5, 0.6) is 0 Å². The van der Waals surface area contributed by atoms with E-state index in [0.29, 0.717) is 32.2 Å². The van der Waals surface area contributed by atoms with Gasteiger partial charge in [-0.05, 0) is 44.6 Å². The maximum Gasteiger partial charge on any atom is 0.342 e. The fourth-order valence-corrected chi connectivity index (χ4v) is 3.59. The van der Waals surface area contributed by atoms with Crippen molar-refractivity contribution in [3.63, 3.8) is 0 Å². The first kappa shape index (κ1) is 27.0. The number of amides is 2. The number of carbonyl (C=O) groups is 2. The Labute approximate surface area is 167 Å². The van der Waals surface area contributed by atoms with E-state index in [1.807, 2.05) is 13.8 Å². The average Bonchev–Trinajstić information content (AvgIpc) is 2.60. The molecule has 3 atom stereocenters. The summed E-state index contributed by atoms with van der Waals surface area (Å²) < 4.78 is 11.6. The van der Waals surface area contributed by atoms with E-state index in [4.69, 9.17) is 10.8 Å². The predicted molar refractivity (Wildman–Crippen MR) is 107 cm³/mol. The molecule has 2 amide bonds. The summed E-state index contributed by atoms with van der Waals surface area (Å²) in [6, 6.07) is -1.66. The predicted octanol–water partition coefficient (Wildman–Crippen LogP) is -0.373. The molecule has 0 aliphatic heterocycles. The second-order valence-corrected chi connectivity index (χ2v) is 9.02. The number of aliphatic hydroxyl groups is 1. The van der Waals surface area contributed by atoms with E-state index < -0.39 is 37.3 Å². The molecule has 0 radical (unpaired) electrons. The Kier molecular flexibility index (Phi) is 13.5. The topological polar surface area (TPSA) is 174 Å². The highest BCUT2D eigenvalue weighted by atomic mass is 31.2. The molecule has 166 valence electrons. The van der Waals surface area contributed by atoms with E-state index in [1.54, 1.807) is 6.92 Å². The van der Waals surface area contributed by atoms with Gasteiger partial charge >= 0.3 is 7.60 Å². The normalized spacial score (nSPS) is 15.1. The number of hydrogen-bond donors (Lipinski definition) is 7. The maximum atomic E-state index is 12.8. The highest BCUT2D eigenvalue weighted by molar-refractivity contribution is 7.52. The molecule has 28 heavy (non-hydrogen) atoms. The van der Waals surface area contributed by atoms with Crippen LogP contribution in [0, 0.1) is 5.92 Å². The van der Waals surface area contributed by atoms with Crippen LogP contribution in [0.4, 0.5) is 0 Å². The summed E-state index contributed by atoms with van der Waals surface area (Å²) in [4.78, 5) is 44.0. The third kappa shape index (κ3) is 11.1. The molecule has 0 bridgehead atoms. The van der Waals surface area contributed by atoms with Crippen LogP contribution in [-0.2, 0) is 14.2 Å². The first-order valence-corrected chi connectivity index (χ1v) is 11.4. The lowest BCUT2D eigenvalue weighted by atomic mass is 10.0. The molecule has 11 heteroatoms. The molecular formula is C17H37N4O6P. The number of unbranched alkanes of at least 4 members (excludes halogenated alkanes) is 1. The molecule has 0 saturated carbocycles. The molecule has 0 fully saturated rings. The Bertz CT molecular complexity index is 514. The molecule has 0 aromatic carbocycles. The number of carbonyl (C=O) groups excluding carboxylic acids is 2. The standard InChI is InChI=1S/C17H37N4O6P/c1-4-15(28(25,26)27)20-14(11-12(2)3)17(24)21-13(7-5-6-8-18)16(23)19-9-10-22/h12-15,20,22H,4-11,18H2,1-3H3,(H,19,23)(H,21,24)(H2,25,26,27)/t13-,14-,15+/m0/s1. The van der Waals surface area contributed by atoms with Crippen molar-refractivity contribution in [2.75, 3.05) is 19.7 Å². The Morgan fingerprint density at radius 2 is 1.75 bits per heavy atom. The number of aliphatic hydroxyl groups excluding tert-OH is 1. The van der Waals surface area contributed by atoms with Crippen molar-refractivity contribution < 1.29 is 29.0 Å². The largest absolute Gasteiger partial charge is 0.395 e. The SMILES string of the molecule is CC[C@H](N[C@@H](CC(C)C)C(=O)N[C@@H](CCCCN)C(=O)NCCO)P(=O)(O)O. The van der Waals surface area contributed by atoms with Crippen LogP contribution in [0.25, 0.3) is 0 Å². The summed E-state index contributed by atoms with van der Waals surface area (Å²) in [7, 11) is -4.41. The van der Waals surface area contributed by atoms with E-state index in [1.165, 1.54) is 0 Å². The van der Waals surface area contributed by atoms with Crippen molar-refractivity contribution in [2.45, 2.75) is 70.7 Å². The van der Waals surface area contributed by atoms with E-state index in [2.05, 4.69) is 16.0 Å². The van der Waals surface area contributed by atoms with Crippen LogP contribution in [0.3, 0.4) is 0 Å². The molecule has 0 heterocycles. The molecule has 0 unspecified atom stereocenters. The quantitative estimate of drug-likeness (QED) is 0.138. The fourth-order valence-electron chi connectivity index (χ4n) is 2.74. The van der Waals surface area contributed by atoms with Gasteiger partial charge in [-0.15, -0.1) is 0 Å². The van der Waals surface area contributed by atoms with Crippen molar-refractivity contribution in [3.05, 3.63) is 0 Å². The van der Waals surface area contributed by atoms with Crippen molar-refractivity contribution in [3.8, 4) is 0 Å². The summed E-state index contributed by atoms with van der Waals surface area (Å²) in [5.41, 5.74) is 5.48. The van der Waals surface area contributed by atoms with Gasteiger partial charge in [-0.1, -0.05) is 20.8 Å². The van der Waals surface area contributed by atoms with Gasteiger partial charge in [0.1, 0.15) is 11.8 Å². The van der Waals surface area contributed by atoms with Crippen molar-refractivity contribution >= 4 is 19.4 Å². The first-order chi connectivity index (χ1) is 13.1.